The van der Waals surface area contributed by atoms with Crippen molar-refractivity contribution in [3.63, 3.8) is 0 Å². The molecule has 2 aromatic heterocycles. The van der Waals surface area contributed by atoms with Crippen LogP contribution in [0.1, 0.15) is 33.5 Å². The van der Waals surface area contributed by atoms with Gasteiger partial charge in [0, 0.05) is 11.4 Å². The van der Waals surface area contributed by atoms with Crippen molar-refractivity contribution in [3.8, 4) is 0 Å². The van der Waals surface area contributed by atoms with E-state index in [4.69, 9.17) is 20.8 Å². The molecule has 0 aliphatic carbocycles. The average molecular weight is 415 g/mol. The van der Waals surface area contributed by atoms with Gasteiger partial charge in [-0.05, 0) is 41.3 Å². The standard InChI is InChI=1S/C20H15ClN2O4S/c21-14-7-5-13(6-8-14)15-11-16(17-3-1-9-26-17)23(22-15)19(24)12-27-20(25)18-4-2-10-28-18/h1-10,16H,11-12H2. The molecule has 0 saturated heterocycles. The zero-order valence-electron chi connectivity index (χ0n) is 14.6. The maximum atomic E-state index is 12.7. The van der Waals surface area contributed by atoms with Gasteiger partial charge in [0.2, 0.25) is 0 Å². The zero-order valence-corrected chi connectivity index (χ0v) is 16.2. The van der Waals surface area contributed by atoms with Crippen molar-refractivity contribution in [1.82, 2.24) is 5.01 Å². The molecule has 142 valence electrons. The van der Waals surface area contributed by atoms with Crippen LogP contribution < -0.4 is 0 Å². The third kappa shape index (κ3) is 3.85. The quantitative estimate of drug-likeness (QED) is 0.575. The lowest BCUT2D eigenvalue weighted by atomic mass is 10.0. The Labute approximate surface area is 170 Å². The molecule has 1 aromatic carbocycles. The molecule has 28 heavy (non-hydrogen) atoms. The molecule has 0 spiro atoms. The van der Waals surface area contributed by atoms with Gasteiger partial charge in [-0.15, -0.1) is 11.3 Å². The van der Waals surface area contributed by atoms with Crippen LogP contribution in [0.4, 0.5) is 0 Å². The molecule has 0 saturated carbocycles. The first-order valence-electron chi connectivity index (χ1n) is 8.51. The third-order valence-electron chi connectivity index (χ3n) is 4.26. The lowest BCUT2D eigenvalue weighted by molar-refractivity contribution is -0.136. The molecule has 1 aliphatic rings. The highest BCUT2D eigenvalue weighted by Gasteiger charge is 2.35. The summed E-state index contributed by atoms with van der Waals surface area (Å²) in [5.41, 5.74) is 1.60. The highest BCUT2D eigenvalue weighted by molar-refractivity contribution is 7.11. The van der Waals surface area contributed by atoms with Crippen molar-refractivity contribution < 1.29 is 18.7 Å². The zero-order chi connectivity index (χ0) is 19.5. The summed E-state index contributed by atoms with van der Waals surface area (Å²) in [4.78, 5) is 25.2. The fourth-order valence-electron chi connectivity index (χ4n) is 2.92. The summed E-state index contributed by atoms with van der Waals surface area (Å²) < 4.78 is 10.6. The van der Waals surface area contributed by atoms with Gasteiger partial charge in [0.1, 0.15) is 16.7 Å². The first kappa shape index (κ1) is 18.5. The molecule has 0 bridgehead atoms. The van der Waals surface area contributed by atoms with Crippen LogP contribution in [0.25, 0.3) is 0 Å². The molecule has 0 N–H and O–H groups in total. The number of rotatable bonds is 5. The number of benzene rings is 1. The molecule has 3 aromatic rings. The number of furan rings is 1. The van der Waals surface area contributed by atoms with Crippen LogP contribution in [0.3, 0.4) is 0 Å². The molecular formula is C20H15ClN2O4S. The topological polar surface area (TPSA) is 72.1 Å². The Morgan fingerprint density at radius 3 is 2.71 bits per heavy atom. The van der Waals surface area contributed by atoms with Gasteiger partial charge < -0.3 is 9.15 Å². The number of halogens is 1. The fourth-order valence-corrected chi connectivity index (χ4v) is 3.66. The van der Waals surface area contributed by atoms with E-state index < -0.39 is 24.5 Å². The van der Waals surface area contributed by atoms with Gasteiger partial charge in [-0.25, -0.2) is 9.80 Å². The second kappa shape index (κ2) is 8.00. The van der Waals surface area contributed by atoms with Gasteiger partial charge in [-0.2, -0.15) is 5.10 Å². The van der Waals surface area contributed by atoms with Crippen molar-refractivity contribution in [2.45, 2.75) is 12.5 Å². The van der Waals surface area contributed by atoms with E-state index in [2.05, 4.69) is 5.10 Å². The second-order valence-corrected chi connectivity index (χ2v) is 7.46. The van der Waals surface area contributed by atoms with Crippen LogP contribution in [0.5, 0.6) is 0 Å². The maximum absolute atomic E-state index is 12.7. The number of hydrazone groups is 1. The van der Waals surface area contributed by atoms with E-state index in [0.29, 0.717) is 22.1 Å². The van der Waals surface area contributed by atoms with Crippen molar-refractivity contribution in [2.75, 3.05) is 6.61 Å². The molecule has 8 heteroatoms. The van der Waals surface area contributed by atoms with Gasteiger partial charge >= 0.3 is 5.97 Å². The molecule has 1 aliphatic heterocycles. The minimum absolute atomic E-state index is 0.395. The summed E-state index contributed by atoms with van der Waals surface area (Å²) in [5, 5.41) is 8.19. The Kier molecular flexibility index (Phi) is 5.27. The summed E-state index contributed by atoms with van der Waals surface area (Å²) in [5.74, 6) is -0.333. The number of amides is 1. The first-order valence-corrected chi connectivity index (χ1v) is 9.77. The Morgan fingerprint density at radius 2 is 2.04 bits per heavy atom. The molecule has 3 heterocycles. The first-order chi connectivity index (χ1) is 13.6. The average Bonchev–Trinajstić information content (AvgIpc) is 3.47. The largest absolute Gasteiger partial charge is 0.467 e. The summed E-state index contributed by atoms with van der Waals surface area (Å²) >= 11 is 7.21. The van der Waals surface area contributed by atoms with Crippen molar-refractivity contribution >= 4 is 40.5 Å². The van der Waals surface area contributed by atoms with Crippen molar-refractivity contribution in [3.05, 3.63) is 81.4 Å². The summed E-state index contributed by atoms with van der Waals surface area (Å²) in [6.45, 7) is -0.397. The summed E-state index contributed by atoms with van der Waals surface area (Å²) in [6.07, 6.45) is 2.04. The van der Waals surface area contributed by atoms with Crippen LogP contribution in [0.2, 0.25) is 5.02 Å². The normalized spacial score (nSPS) is 16.1. The van der Waals surface area contributed by atoms with Crippen LogP contribution in [-0.2, 0) is 9.53 Å². The SMILES string of the molecule is O=C(OCC(=O)N1N=C(c2ccc(Cl)cc2)CC1c1ccco1)c1cccs1. The molecule has 0 fully saturated rings. The smallest absolute Gasteiger partial charge is 0.348 e. The van der Waals surface area contributed by atoms with Crippen LogP contribution in [0, 0.1) is 0 Å². The predicted octanol–water partition coefficient (Wildman–Crippen LogP) is 4.53. The van der Waals surface area contributed by atoms with Crippen molar-refractivity contribution in [2.24, 2.45) is 5.10 Å². The fraction of sp³-hybridized carbons (Fsp3) is 0.150. The number of nitrogens with zero attached hydrogens (tertiary/aromatic N) is 2. The Morgan fingerprint density at radius 1 is 1.21 bits per heavy atom. The number of carbonyl (C=O) groups is 2. The second-order valence-electron chi connectivity index (χ2n) is 6.08. The summed E-state index contributed by atoms with van der Waals surface area (Å²) in [6, 6.07) is 13.8. The van der Waals surface area contributed by atoms with Crippen LogP contribution >= 0.6 is 22.9 Å². The number of hydrogen-bond donors (Lipinski definition) is 0. The van der Waals surface area contributed by atoms with E-state index in [-0.39, 0.29) is 0 Å². The number of carbonyl (C=O) groups excluding carboxylic acids is 2. The number of esters is 1. The van der Waals surface area contributed by atoms with Gasteiger partial charge in [-0.1, -0.05) is 29.8 Å². The minimum atomic E-state index is -0.529. The minimum Gasteiger partial charge on any atom is -0.467 e. The Hall–Kier alpha value is -2.90. The van der Waals surface area contributed by atoms with E-state index in [9.17, 15) is 9.59 Å². The highest BCUT2D eigenvalue weighted by atomic mass is 35.5. The molecule has 1 amide bonds. The Balaban J connectivity index is 1.53. The molecular weight excluding hydrogens is 400 g/mol. The lowest BCUT2D eigenvalue weighted by Gasteiger charge is -2.19. The lowest BCUT2D eigenvalue weighted by Crippen LogP contribution is -2.31. The molecule has 1 unspecified atom stereocenters. The Bertz CT molecular complexity index is 998. The van der Waals surface area contributed by atoms with E-state index in [1.165, 1.54) is 16.3 Å². The van der Waals surface area contributed by atoms with E-state index in [1.54, 1.807) is 48.0 Å². The predicted molar refractivity (Wildman–Crippen MR) is 106 cm³/mol. The third-order valence-corrected chi connectivity index (χ3v) is 5.37. The van der Waals surface area contributed by atoms with Gasteiger partial charge in [0.05, 0.1) is 12.0 Å². The molecule has 4 rings (SSSR count). The monoisotopic (exact) mass is 414 g/mol. The van der Waals surface area contributed by atoms with E-state index in [0.717, 1.165) is 11.3 Å². The number of thiophene rings is 1. The maximum Gasteiger partial charge on any atom is 0.348 e. The van der Waals surface area contributed by atoms with Crippen LogP contribution in [-0.4, -0.2) is 29.2 Å². The van der Waals surface area contributed by atoms with Crippen molar-refractivity contribution in [1.29, 1.82) is 0 Å². The van der Waals surface area contributed by atoms with Crippen LogP contribution in [0.15, 0.2) is 69.7 Å². The summed E-state index contributed by atoms with van der Waals surface area (Å²) in [7, 11) is 0. The molecule has 1 atom stereocenters. The van der Waals surface area contributed by atoms with Gasteiger partial charge in [-0.3, -0.25) is 4.79 Å². The molecule has 6 nitrogen and oxygen atoms in total. The molecule has 0 radical (unpaired) electrons. The van der Waals surface area contributed by atoms with Gasteiger partial charge in [0.15, 0.2) is 6.61 Å². The van der Waals surface area contributed by atoms with E-state index >= 15 is 0 Å². The highest BCUT2D eigenvalue weighted by Crippen LogP contribution is 2.33. The number of ether oxygens (including phenoxy) is 1. The van der Waals surface area contributed by atoms with E-state index in [1.807, 2.05) is 12.1 Å². The van der Waals surface area contributed by atoms with Gasteiger partial charge in [0.25, 0.3) is 5.91 Å². The number of hydrogen-bond acceptors (Lipinski definition) is 6.